The molecule has 2 heterocycles. The van der Waals surface area contributed by atoms with E-state index < -0.39 is 0 Å². The molecule has 0 saturated carbocycles. The van der Waals surface area contributed by atoms with Crippen molar-refractivity contribution >= 4 is 13.9 Å². The maximum Gasteiger partial charge on any atom is 0.0449 e. The van der Waals surface area contributed by atoms with Crippen LogP contribution in [-0.4, -0.2) is 12.8 Å². The van der Waals surface area contributed by atoms with Crippen LogP contribution in [0.4, 0.5) is 0 Å². The van der Waals surface area contributed by atoms with Crippen molar-refractivity contribution in [2.24, 2.45) is 11.8 Å². The van der Waals surface area contributed by atoms with Crippen LogP contribution in [0, 0.1) is 11.8 Å². The van der Waals surface area contributed by atoms with Gasteiger partial charge in [-0.15, -0.1) is 0 Å². The Bertz CT molecular complexity index is 349. The summed E-state index contributed by atoms with van der Waals surface area (Å²) < 4.78 is 2.08. The largest absolute Gasteiger partial charge is 0.324 e. The van der Waals surface area contributed by atoms with Gasteiger partial charge in [-0.3, -0.25) is 0 Å². The molecule has 0 amide bonds. The van der Waals surface area contributed by atoms with E-state index in [9.17, 15) is 0 Å². The highest BCUT2D eigenvalue weighted by atomic mass is 14.8. The highest BCUT2D eigenvalue weighted by molar-refractivity contribution is 5.75. The van der Waals surface area contributed by atoms with Crippen LogP contribution in [0.15, 0.2) is 42.7 Å². The standard InChI is InChI=1S/C8H7N.2C4H10.B/c1-2-6-9-7-3-5-8(9)4-1;2*1-4(2)3;/h1-7H;2*4H,1-3H3;. The predicted molar refractivity (Wildman–Crippen MR) is 84.2 cm³/mol. The first-order chi connectivity index (χ1) is 7.93. The number of pyridine rings is 1. The predicted octanol–water partition coefficient (Wildman–Crippen LogP) is 4.88. The van der Waals surface area contributed by atoms with E-state index in [1.54, 1.807) is 0 Å². The van der Waals surface area contributed by atoms with Crippen LogP contribution in [0.1, 0.15) is 41.5 Å². The third kappa shape index (κ3) is 11.3. The molecule has 2 aromatic rings. The van der Waals surface area contributed by atoms with Gasteiger partial charge in [-0.2, -0.15) is 0 Å². The van der Waals surface area contributed by atoms with Crippen molar-refractivity contribution in [1.29, 1.82) is 0 Å². The van der Waals surface area contributed by atoms with E-state index in [-0.39, 0.29) is 8.41 Å². The summed E-state index contributed by atoms with van der Waals surface area (Å²) in [6, 6.07) is 10.3. The Balaban J connectivity index is 0. The summed E-state index contributed by atoms with van der Waals surface area (Å²) >= 11 is 0. The number of aromatic nitrogens is 1. The molecule has 0 N–H and O–H groups in total. The molecule has 18 heavy (non-hydrogen) atoms. The van der Waals surface area contributed by atoms with E-state index in [0.29, 0.717) is 0 Å². The third-order valence-electron chi connectivity index (χ3n) is 1.44. The van der Waals surface area contributed by atoms with Gasteiger partial charge >= 0.3 is 0 Å². The first-order valence-corrected chi connectivity index (χ1v) is 6.45. The number of rotatable bonds is 0. The average Bonchev–Trinajstić information content (AvgIpc) is 2.62. The SMILES string of the molecule is CC(C)C.CC(C)C.[B].c1ccn2cccc2c1. The van der Waals surface area contributed by atoms with Crippen LogP contribution in [0.25, 0.3) is 5.52 Å². The van der Waals surface area contributed by atoms with Gasteiger partial charge in [-0.1, -0.05) is 47.6 Å². The van der Waals surface area contributed by atoms with Gasteiger partial charge in [-0.05, 0) is 36.1 Å². The highest BCUT2D eigenvalue weighted by Crippen LogP contribution is 2.01. The molecule has 1 nitrogen and oxygen atoms in total. The van der Waals surface area contributed by atoms with Gasteiger partial charge in [0.05, 0.1) is 0 Å². The maximum atomic E-state index is 2.17. The topological polar surface area (TPSA) is 4.41 Å². The van der Waals surface area contributed by atoms with Gasteiger partial charge in [0.25, 0.3) is 0 Å². The molecule has 0 aliphatic rings. The van der Waals surface area contributed by atoms with Gasteiger partial charge in [0.1, 0.15) is 0 Å². The fourth-order valence-electron chi connectivity index (χ4n) is 0.980. The van der Waals surface area contributed by atoms with Gasteiger partial charge in [-0.25, -0.2) is 0 Å². The molecule has 0 saturated heterocycles. The van der Waals surface area contributed by atoms with Gasteiger partial charge in [0.2, 0.25) is 0 Å². The molecule has 0 spiro atoms. The average molecular weight is 244 g/mol. The molecule has 0 unspecified atom stereocenters. The molecule has 0 aromatic carbocycles. The van der Waals surface area contributed by atoms with E-state index in [4.69, 9.17) is 0 Å². The Morgan fingerprint density at radius 1 is 0.722 bits per heavy atom. The summed E-state index contributed by atoms with van der Waals surface area (Å²) in [7, 11) is 0. The molecule has 0 aliphatic carbocycles. The van der Waals surface area contributed by atoms with Crippen LogP contribution < -0.4 is 0 Å². The zero-order valence-electron chi connectivity index (χ0n) is 12.7. The summed E-state index contributed by atoms with van der Waals surface area (Å²) in [5.41, 5.74) is 1.25. The van der Waals surface area contributed by atoms with E-state index in [2.05, 4.69) is 58.1 Å². The van der Waals surface area contributed by atoms with E-state index >= 15 is 0 Å². The molecule has 2 rings (SSSR count). The lowest BCUT2D eigenvalue weighted by atomic mass is 10.3. The van der Waals surface area contributed by atoms with Crippen molar-refractivity contribution in [2.45, 2.75) is 41.5 Å². The van der Waals surface area contributed by atoms with Crippen molar-refractivity contribution in [2.75, 3.05) is 0 Å². The molecule has 3 radical (unpaired) electrons. The number of hydrogen-bond donors (Lipinski definition) is 0. The van der Waals surface area contributed by atoms with E-state index in [0.717, 1.165) is 11.8 Å². The van der Waals surface area contributed by atoms with Crippen molar-refractivity contribution in [3.8, 4) is 0 Å². The molecular formula is C16H27BN. The van der Waals surface area contributed by atoms with Crippen molar-refractivity contribution < 1.29 is 0 Å². The quantitative estimate of drug-likeness (QED) is 0.581. The minimum absolute atomic E-state index is 0. The van der Waals surface area contributed by atoms with Crippen molar-refractivity contribution in [3.63, 3.8) is 0 Å². The number of fused-ring (bicyclic) bond motifs is 1. The summed E-state index contributed by atoms with van der Waals surface area (Å²) in [5.74, 6) is 1.67. The fraction of sp³-hybridized carbons (Fsp3) is 0.500. The lowest BCUT2D eigenvalue weighted by Crippen LogP contribution is -1.75. The molecule has 0 atom stereocenters. The molecule has 0 fully saturated rings. The molecular weight excluding hydrogens is 217 g/mol. The Morgan fingerprint density at radius 2 is 1.11 bits per heavy atom. The van der Waals surface area contributed by atoms with Gasteiger partial charge < -0.3 is 4.40 Å². The summed E-state index contributed by atoms with van der Waals surface area (Å²) in [5, 5.41) is 0. The third-order valence-corrected chi connectivity index (χ3v) is 1.44. The minimum Gasteiger partial charge on any atom is -0.324 e. The van der Waals surface area contributed by atoms with Crippen LogP contribution in [0.5, 0.6) is 0 Å². The fourth-order valence-corrected chi connectivity index (χ4v) is 0.980. The maximum absolute atomic E-state index is 2.17. The van der Waals surface area contributed by atoms with Crippen LogP contribution in [-0.2, 0) is 0 Å². The smallest absolute Gasteiger partial charge is 0.0449 e. The Kier molecular flexibility index (Phi) is 11.7. The lowest BCUT2D eigenvalue weighted by Gasteiger charge is -1.88. The lowest BCUT2D eigenvalue weighted by molar-refractivity contribution is 0.736. The number of hydrogen-bond acceptors (Lipinski definition) is 0. The molecule has 0 aliphatic heterocycles. The monoisotopic (exact) mass is 244 g/mol. The zero-order valence-corrected chi connectivity index (χ0v) is 12.7. The van der Waals surface area contributed by atoms with E-state index in [1.807, 2.05) is 30.6 Å². The van der Waals surface area contributed by atoms with Crippen molar-refractivity contribution in [1.82, 2.24) is 4.40 Å². The van der Waals surface area contributed by atoms with E-state index in [1.165, 1.54) is 5.52 Å². The second-order valence-electron chi connectivity index (χ2n) is 5.51. The van der Waals surface area contributed by atoms with Gasteiger partial charge in [0, 0.05) is 26.3 Å². The van der Waals surface area contributed by atoms with Crippen LogP contribution in [0.3, 0.4) is 0 Å². The Morgan fingerprint density at radius 3 is 1.56 bits per heavy atom. The first-order valence-electron chi connectivity index (χ1n) is 6.45. The van der Waals surface area contributed by atoms with Crippen molar-refractivity contribution in [3.05, 3.63) is 42.7 Å². The summed E-state index contributed by atoms with van der Waals surface area (Å²) in [6.07, 6.45) is 4.07. The van der Waals surface area contributed by atoms with Crippen LogP contribution >= 0.6 is 0 Å². The molecule has 2 aromatic heterocycles. The molecule has 99 valence electrons. The highest BCUT2D eigenvalue weighted by Gasteiger charge is 1.83. The normalized spacial score (nSPS) is 9.11. The molecule has 2 heteroatoms. The molecule has 0 bridgehead atoms. The first kappa shape index (κ1) is 19.2. The second-order valence-corrected chi connectivity index (χ2v) is 5.51. The minimum atomic E-state index is 0. The van der Waals surface area contributed by atoms with Gasteiger partial charge in [0.15, 0.2) is 0 Å². The van der Waals surface area contributed by atoms with Crippen LogP contribution in [0.2, 0.25) is 0 Å². The zero-order chi connectivity index (χ0) is 13.3. The Hall–Kier alpha value is -1.18. The second kappa shape index (κ2) is 10.9. The Labute approximate surface area is 115 Å². The number of nitrogens with zero attached hydrogens (tertiary/aromatic N) is 1. The summed E-state index contributed by atoms with van der Waals surface area (Å²) in [4.78, 5) is 0. The summed E-state index contributed by atoms with van der Waals surface area (Å²) in [6.45, 7) is 13.0.